The third-order valence-electron chi connectivity index (χ3n) is 3.54. The Balaban J connectivity index is 1.96. The van der Waals surface area contributed by atoms with Crippen LogP contribution in [0, 0.1) is 0 Å². The van der Waals surface area contributed by atoms with Gasteiger partial charge in [0.05, 0.1) is 5.92 Å². The molecule has 114 valence electrons. The molecule has 3 heteroatoms. The fourth-order valence-corrected chi connectivity index (χ4v) is 2.35. The van der Waals surface area contributed by atoms with E-state index >= 15 is 0 Å². The predicted octanol–water partition coefficient (Wildman–Crippen LogP) is 3.50. The van der Waals surface area contributed by atoms with Gasteiger partial charge in [-0.3, -0.25) is 9.69 Å². The van der Waals surface area contributed by atoms with Crippen molar-refractivity contribution in [1.82, 2.24) is 4.90 Å². The van der Waals surface area contributed by atoms with Crippen molar-refractivity contribution in [3.8, 4) is 0 Å². The zero-order valence-corrected chi connectivity index (χ0v) is 13.4. The molecule has 0 N–H and O–H groups in total. The van der Waals surface area contributed by atoms with Gasteiger partial charge in [-0.1, -0.05) is 36.4 Å². The van der Waals surface area contributed by atoms with Crippen molar-refractivity contribution < 1.29 is 9.53 Å². The van der Waals surface area contributed by atoms with Gasteiger partial charge >= 0.3 is 5.97 Å². The van der Waals surface area contributed by atoms with E-state index in [-0.39, 0.29) is 11.9 Å². The molecule has 2 rings (SSSR count). The summed E-state index contributed by atoms with van der Waals surface area (Å²) in [6, 6.07) is 8.28. The van der Waals surface area contributed by atoms with Gasteiger partial charge in [-0.05, 0) is 38.8 Å². The first-order valence-electron chi connectivity index (χ1n) is 7.54. The van der Waals surface area contributed by atoms with E-state index in [4.69, 9.17) is 4.74 Å². The number of nitrogens with zero attached hydrogens (tertiary/aromatic N) is 1. The number of benzene rings is 1. The monoisotopic (exact) mass is 287 g/mol. The van der Waals surface area contributed by atoms with E-state index in [1.807, 2.05) is 39.8 Å². The van der Waals surface area contributed by atoms with E-state index < -0.39 is 5.60 Å². The first kappa shape index (κ1) is 15.8. The topological polar surface area (TPSA) is 29.5 Å². The summed E-state index contributed by atoms with van der Waals surface area (Å²) >= 11 is 0. The fourth-order valence-electron chi connectivity index (χ4n) is 2.35. The van der Waals surface area contributed by atoms with Crippen LogP contribution in [0.3, 0.4) is 0 Å². The molecule has 0 saturated carbocycles. The van der Waals surface area contributed by atoms with Crippen molar-refractivity contribution in [2.45, 2.75) is 45.8 Å². The van der Waals surface area contributed by atoms with E-state index in [2.05, 4.69) is 29.2 Å². The van der Waals surface area contributed by atoms with E-state index in [1.165, 1.54) is 5.56 Å². The van der Waals surface area contributed by atoms with Gasteiger partial charge in [0.25, 0.3) is 0 Å². The molecule has 1 aliphatic rings. The minimum atomic E-state index is -0.436. The number of esters is 1. The molecule has 0 fully saturated rings. The van der Waals surface area contributed by atoms with Gasteiger partial charge in [0.15, 0.2) is 0 Å². The maximum absolute atomic E-state index is 12.1. The summed E-state index contributed by atoms with van der Waals surface area (Å²) in [7, 11) is 0. The van der Waals surface area contributed by atoms with Crippen molar-refractivity contribution in [3.05, 3.63) is 47.5 Å². The van der Waals surface area contributed by atoms with Gasteiger partial charge in [0, 0.05) is 19.6 Å². The van der Waals surface area contributed by atoms with Gasteiger partial charge < -0.3 is 4.74 Å². The van der Waals surface area contributed by atoms with Gasteiger partial charge in [0.1, 0.15) is 5.60 Å². The number of carbonyl (C=O) groups excluding carboxylic acids is 1. The molecule has 1 heterocycles. The second-order valence-corrected chi connectivity index (χ2v) is 6.66. The average Bonchev–Trinajstić information content (AvgIpc) is 2.90. The third kappa shape index (κ3) is 4.71. The van der Waals surface area contributed by atoms with E-state index in [0.717, 1.165) is 25.2 Å². The fraction of sp³-hybridized carbons (Fsp3) is 0.500. The highest BCUT2D eigenvalue weighted by Gasteiger charge is 2.22. The molecular formula is C18H25NO2. The number of rotatable bonds is 4. The minimum Gasteiger partial charge on any atom is -0.460 e. The van der Waals surface area contributed by atoms with Crippen LogP contribution in [0.5, 0.6) is 0 Å². The van der Waals surface area contributed by atoms with Gasteiger partial charge in [0.2, 0.25) is 0 Å². The van der Waals surface area contributed by atoms with Crippen LogP contribution in [-0.4, -0.2) is 29.6 Å². The minimum absolute atomic E-state index is 0.168. The van der Waals surface area contributed by atoms with Gasteiger partial charge in [-0.25, -0.2) is 0 Å². The normalized spacial score (nSPS) is 17.0. The smallest absolute Gasteiger partial charge is 0.313 e. The SMILES string of the molecule is CC(C(=O)OC(C)(C)C)c1ccc(CN2CC=CC2)cc1. The second-order valence-electron chi connectivity index (χ2n) is 6.66. The van der Waals surface area contributed by atoms with Crippen LogP contribution in [0.2, 0.25) is 0 Å². The Morgan fingerprint density at radius 2 is 1.76 bits per heavy atom. The average molecular weight is 287 g/mol. The molecule has 21 heavy (non-hydrogen) atoms. The number of ether oxygens (including phenoxy) is 1. The molecule has 0 bridgehead atoms. The molecule has 0 spiro atoms. The van der Waals surface area contributed by atoms with Crippen LogP contribution in [0.15, 0.2) is 36.4 Å². The lowest BCUT2D eigenvalue weighted by molar-refractivity contribution is -0.156. The Kier molecular flexibility index (Phi) is 4.84. The summed E-state index contributed by atoms with van der Waals surface area (Å²) in [5.41, 5.74) is 1.85. The molecule has 3 nitrogen and oxygen atoms in total. The second kappa shape index (κ2) is 6.44. The summed E-state index contributed by atoms with van der Waals surface area (Å²) in [5.74, 6) is -0.397. The van der Waals surface area contributed by atoms with Crippen molar-refractivity contribution >= 4 is 5.97 Å². The zero-order chi connectivity index (χ0) is 15.5. The largest absolute Gasteiger partial charge is 0.460 e. The highest BCUT2D eigenvalue weighted by atomic mass is 16.6. The van der Waals surface area contributed by atoms with Crippen molar-refractivity contribution in [2.75, 3.05) is 13.1 Å². The molecule has 1 aromatic rings. The maximum atomic E-state index is 12.1. The Morgan fingerprint density at radius 1 is 1.19 bits per heavy atom. The summed E-state index contributed by atoms with van der Waals surface area (Å²) in [6.07, 6.45) is 4.39. The molecule has 1 aromatic carbocycles. The lowest BCUT2D eigenvalue weighted by Gasteiger charge is -2.22. The zero-order valence-electron chi connectivity index (χ0n) is 13.4. The molecule has 0 radical (unpaired) electrons. The van der Waals surface area contributed by atoms with Crippen LogP contribution in [0.25, 0.3) is 0 Å². The van der Waals surface area contributed by atoms with E-state index in [1.54, 1.807) is 0 Å². The van der Waals surface area contributed by atoms with E-state index in [9.17, 15) is 4.79 Å². The Labute approximate surface area is 127 Å². The molecule has 1 aliphatic heterocycles. The van der Waals surface area contributed by atoms with Crippen LogP contribution < -0.4 is 0 Å². The van der Waals surface area contributed by atoms with Crippen LogP contribution >= 0.6 is 0 Å². The highest BCUT2D eigenvalue weighted by Crippen LogP contribution is 2.21. The first-order chi connectivity index (χ1) is 9.85. The predicted molar refractivity (Wildman–Crippen MR) is 85.1 cm³/mol. The van der Waals surface area contributed by atoms with Gasteiger partial charge in [-0.2, -0.15) is 0 Å². The molecule has 0 aromatic heterocycles. The molecule has 0 aliphatic carbocycles. The molecule has 1 atom stereocenters. The summed E-state index contributed by atoms with van der Waals surface area (Å²) in [4.78, 5) is 14.5. The summed E-state index contributed by atoms with van der Waals surface area (Å²) in [6.45, 7) is 10.6. The lowest BCUT2D eigenvalue weighted by Crippen LogP contribution is -2.26. The van der Waals surface area contributed by atoms with Crippen LogP contribution in [-0.2, 0) is 16.1 Å². The highest BCUT2D eigenvalue weighted by molar-refractivity contribution is 5.78. The molecule has 0 amide bonds. The maximum Gasteiger partial charge on any atom is 0.313 e. The molecule has 0 saturated heterocycles. The quantitative estimate of drug-likeness (QED) is 0.627. The van der Waals surface area contributed by atoms with Crippen molar-refractivity contribution in [2.24, 2.45) is 0 Å². The Morgan fingerprint density at radius 3 is 2.29 bits per heavy atom. The summed E-state index contributed by atoms with van der Waals surface area (Å²) in [5, 5.41) is 0. The van der Waals surface area contributed by atoms with E-state index in [0.29, 0.717) is 0 Å². The lowest BCUT2D eigenvalue weighted by atomic mass is 9.99. The van der Waals surface area contributed by atoms with Crippen LogP contribution in [0.4, 0.5) is 0 Å². The standard InChI is InChI=1S/C18H25NO2/c1-14(17(20)21-18(2,3)4)16-9-7-15(8-10-16)13-19-11-5-6-12-19/h5-10,14H,11-13H2,1-4H3. The number of hydrogen-bond donors (Lipinski definition) is 0. The Hall–Kier alpha value is -1.61. The van der Waals surface area contributed by atoms with Crippen molar-refractivity contribution in [1.29, 1.82) is 0 Å². The third-order valence-corrected chi connectivity index (χ3v) is 3.54. The number of hydrogen-bond acceptors (Lipinski definition) is 3. The molecule has 1 unspecified atom stereocenters. The van der Waals surface area contributed by atoms with Gasteiger partial charge in [-0.15, -0.1) is 0 Å². The van der Waals surface area contributed by atoms with Crippen LogP contribution in [0.1, 0.15) is 44.7 Å². The first-order valence-corrected chi connectivity index (χ1v) is 7.54. The number of carbonyl (C=O) groups is 1. The summed E-state index contributed by atoms with van der Waals surface area (Å²) < 4.78 is 5.44. The molecular weight excluding hydrogens is 262 g/mol. The van der Waals surface area contributed by atoms with Crippen molar-refractivity contribution in [3.63, 3.8) is 0 Å². The Bertz CT molecular complexity index is 503.